The van der Waals surface area contributed by atoms with Crippen molar-refractivity contribution in [1.82, 2.24) is 24.8 Å². The summed E-state index contributed by atoms with van der Waals surface area (Å²) < 4.78 is 29.7. The number of benzene rings is 1. The summed E-state index contributed by atoms with van der Waals surface area (Å²) in [5, 5.41) is 5.20. The normalized spacial score (nSPS) is 21.4. The van der Waals surface area contributed by atoms with Crippen LogP contribution in [0.5, 0.6) is 0 Å². The number of amides is 2. The van der Waals surface area contributed by atoms with E-state index in [1.807, 2.05) is 18.2 Å². The van der Waals surface area contributed by atoms with E-state index in [0.29, 0.717) is 6.42 Å². The second kappa shape index (κ2) is 11.8. The molecule has 1 aliphatic heterocycles. The largest absolute Gasteiger partial charge is 0.695 e. The van der Waals surface area contributed by atoms with Crippen molar-refractivity contribution in [2.24, 2.45) is 5.92 Å². The molecular weight excluding hydrogens is 519 g/mol. The fraction of sp³-hybridized carbons (Fsp3) is 0.435. The van der Waals surface area contributed by atoms with Crippen molar-refractivity contribution in [1.29, 1.82) is 0 Å². The number of aromatic amines is 1. The van der Waals surface area contributed by atoms with Crippen molar-refractivity contribution >= 4 is 37.4 Å². The van der Waals surface area contributed by atoms with Gasteiger partial charge < -0.3 is 14.8 Å². The Hall–Kier alpha value is -3.71. The molecule has 4 N–H and O–H groups in total. The Labute approximate surface area is 217 Å². The summed E-state index contributed by atoms with van der Waals surface area (Å²) in [7, 11) is -3.04. The Morgan fingerprint density at radius 3 is 2.68 bits per heavy atom. The van der Waals surface area contributed by atoms with Crippen LogP contribution < -0.4 is 16.2 Å². The zero-order chi connectivity index (χ0) is 27.4. The molecule has 0 saturated carbocycles. The highest BCUT2D eigenvalue weighted by molar-refractivity contribution is 7.32. The van der Waals surface area contributed by atoms with Gasteiger partial charge in [0.05, 0.1) is 12.4 Å². The van der Waals surface area contributed by atoms with Gasteiger partial charge in [0.1, 0.15) is 12.6 Å². The average Bonchev–Trinajstić information content (AvgIpc) is 3.44. The highest BCUT2D eigenvalue weighted by atomic mass is 31.1. The molecule has 4 rings (SSSR count). The van der Waals surface area contributed by atoms with Crippen molar-refractivity contribution in [3.05, 3.63) is 52.6 Å². The van der Waals surface area contributed by atoms with E-state index in [1.54, 1.807) is 32.9 Å². The number of carbonyl (C=O) groups excluding carboxylic acids is 2. The van der Waals surface area contributed by atoms with Crippen molar-refractivity contribution in [2.45, 2.75) is 58.3 Å². The molecule has 1 saturated heterocycles. The molecule has 14 nitrogen and oxygen atoms in total. The Kier molecular flexibility index (Phi) is 8.47. The zero-order valence-corrected chi connectivity index (χ0v) is 21.8. The van der Waals surface area contributed by atoms with E-state index in [1.165, 1.54) is 10.9 Å². The van der Waals surface area contributed by atoms with Crippen molar-refractivity contribution in [3.63, 3.8) is 0 Å². The molecule has 1 aliphatic rings. The third-order valence-corrected chi connectivity index (χ3v) is 6.35. The van der Waals surface area contributed by atoms with Gasteiger partial charge in [-0.2, -0.15) is 4.98 Å². The third kappa shape index (κ3) is 6.05. The second-order valence-corrected chi connectivity index (χ2v) is 9.58. The van der Waals surface area contributed by atoms with Crippen LogP contribution in [0.15, 0.2) is 41.5 Å². The summed E-state index contributed by atoms with van der Waals surface area (Å²) in [6, 6.07) is 8.01. The standard InChI is InChI=1S/C23H27N6O8P/c1-4-14-17(37-38(33)34)15(25-23(32)35-10-13-8-6-5-7-9-13)21(36-14)29-11-24-16-18(29)26-22(28-20(16)31)27-19(30)12(2)3/h5-9,11-12,14-15,17,21H,4,10H2,1-3H3,(H3-,25,26,27,28,30,31,32,33,34)/p+1/t14-,15-,17-,21-/m1/s1. The predicted octanol–water partition coefficient (Wildman–Crippen LogP) is 2.35. The van der Waals surface area contributed by atoms with E-state index in [-0.39, 0.29) is 35.5 Å². The van der Waals surface area contributed by atoms with Crippen molar-refractivity contribution in [3.8, 4) is 0 Å². The van der Waals surface area contributed by atoms with Crippen molar-refractivity contribution < 1.29 is 33.0 Å². The van der Waals surface area contributed by atoms with Gasteiger partial charge in [-0.1, -0.05) is 51.1 Å². The third-order valence-electron chi connectivity index (χ3n) is 5.93. The van der Waals surface area contributed by atoms with Crippen LogP contribution >= 0.6 is 8.25 Å². The number of carbonyl (C=O) groups is 2. The molecule has 2 aromatic heterocycles. The summed E-state index contributed by atoms with van der Waals surface area (Å²) in [5.74, 6) is -0.813. The number of nitrogens with one attached hydrogen (secondary N) is 3. The fourth-order valence-corrected chi connectivity index (χ4v) is 4.50. The van der Waals surface area contributed by atoms with Gasteiger partial charge in [0, 0.05) is 10.5 Å². The highest BCUT2D eigenvalue weighted by Crippen LogP contribution is 2.38. The van der Waals surface area contributed by atoms with Gasteiger partial charge in [-0.3, -0.25) is 24.5 Å². The van der Waals surface area contributed by atoms with Gasteiger partial charge in [-0.05, 0) is 12.0 Å². The monoisotopic (exact) mass is 547 g/mol. The lowest BCUT2D eigenvalue weighted by Crippen LogP contribution is -2.47. The SMILES string of the molecule is CC[C@H]1O[C@@H](n2cnc3c(=O)[nH]c(NC(=O)C(C)C)nc32)[C@H](NC(=O)OCc2ccccc2)[C@@H]1O[P+](=O)O. The molecule has 0 aliphatic carbocycles. The van der Waals surface area contributed by atoms with Crippen molar-refractivity contribution in [2.75, 3.05) is 5.32 Å². The lowest BCUT2D eigenvalue weighted by Gasteiger charge is -2.22. The van der Waals surface area contributed by atoms with Gasteiger partial charge in [0.25, 0.3) is 5.56 Å². The summed E-state index contributed by atoms with van der Waals surface area (Å²) in [4.78, 5) is 57.9. The molecule has 15 heteroatoms. The molecule has 1 unspecified atom stereocenters. The summed E-state index contributed by atoms with van der Waals surface area (Å²) >= 11 is 0. The Morgan fingerprint density at radius 2 is 2.03 bits per heavy atom. The van der Waals surface area contributed by atoms with Crippen LogP contribution in [-0.2, 0) is 30.0 Å². The van der Waals surface area contributed by atoms with E-state index >= 15 is 0 Å². The molecule has 3 heterocycles. The van der Waals surface area contributed by atoms with Crippen LogP contribution in [0.4, 0.5) is 10.7 Å². The van der Waals surface area contributed by atoms with Gasteiger partial charge in [0.15, 0.2) is 23.5 Å². The van der Waals surface area contributed by atoms with Crippen LogP contribution in [0.25, 0.3) is 11.2 Å². The van der Waals surface area contributed by atoms with Gasteiger partial charge >= 0.3 is 14.3 Å². The lowest BCUT2D eigenvalue weighted by molar-refractivity contribution is -0.118. The molecule has 3 aromatic rings. The predicted molar refractivity (Wildman–Crippen MR) is 134 cm³/mol. The number of alkyl carbamates (subject to hydrolysis) is 1. The fourth-order valence-electron chi connectivity index (χ4n) is 4.03. The Bertz CT molecular complexity index is 1380. The molecule has 2 amide bonds. The minimum atomic E-state index is -3.04. The number of fused-ring (bicyclic) bond motifs is 1. The van der Waals surface area contributed by atoms with E-state index < -0.39 is 44.4 Å². The maximum Gasteiger partial charge on any atom is 0.695 e. The maximum atomic E-state index is 12.7. The molecule has 5 atom stereocenters. The number of ether oxygens (including phenoxy) is 2. The number of imidazole rings is 1. The average molecular weight is 547 g/mol. The number of hydrogen-bond acceptors (Lipinski definition) is 9. The number of H-pyrrole nitrogens is 1. The van der Waals surface area contributed by atoms with E-state index in [2.05, 4.69) is 25.6 Å². The van der Waals surface area contributed by atoms with Crippen LogP contribution in [0.2, 0.25) is 0 Å². The highest BCUT2D eigenvalue weighted by Gasteiger charge is 2.51. The molecule has 0 bridgehead atoms. The first kappa shape index (κ1) is 27.3. The summed E-state index contributed by atoms with van der Waals surface area (Å²) in [6.45, 7) is 5.15. The topological polar surface area (TPSA) is 187 Å². The number of hydrogen-bond donors (Lipinski definition) is 4. The first-order chi connectivity index (χ1) is 18.2. The van der Waals surface area contributed by atoms with Gasteiger partial charge in [-0.15, -0.1) is 9.42 Å². The van der Waals surface area contributed by atoms with Gasteiger partial charge in [-0.25, -0.2) is 9.78 Å². The lowest BCUT2D eigenvalue weighted by atomic mass is 10.1. The number of aromatic nitrogens is 4. The van der Waals surface area contributed by atoms with Crippen LogP contribution in [-0.4, -0.2) is 54.7 Å². The molecule has 1 fully saturated rings. The molecular formula is C23H28N6O8P+. The summed E-state index contributed by atoms with van der Waals surface area (Å²) in [5.41, 5.74) is 0.189. The minimum Gasteiger partial charge on any atom is -0.445 e. The minimum absolute atomic E-state index is 0.00818. The van der Waals surface area contributed by atoms with Crippen LogP contribution in [0, 0.1) is 5.92 Å². The maximum absolute atomic E-state index is 12.7. The second-order valence-electron chi connectivity index (χ2n) is 8.90. The quantitative estimate of drug-likeness (QED) is 0.290. The Balaban J connectivity index is 1.66. The number of rotatable bonds is 9. The number of anilines is 1. The van der Waals surface area contributed by atoms with Crippen LogP contribution in [0.1, 0.15) is 39.0 Å². The first-order valence-electron chi connectivity index (χ1n) is 11.9. The zero-order valence-electron chi connectivity index (χ0n) is 20.9. The number of nitrogens with zero attached hydrogens (tertiary/aromatic N) is 3. The molecule has 202 valence electrons. The van der Waals surface area contributed by atoms with E-state index in [0.717, 1.165) is 5.56 Å². The molecule has 0 radical (unpaired) electrons. The molecule has 1 aromatic carbocycles. The molecule has 0 spiro atoms. The smallest absolute Gasteiger partial charge is 0.445 e. The van der Waals surface area contributed by atoms with E-state index in [4.69, 9.17) is 14.0 Å². The molecule has 38 heavy (non-hydrogen) atoms. The summed E-state index contributed by atoms with van der Waals surface area (Å²) in [6.07, 6.45) is -1.93. The van der Waals surface area contributed by atoms with Crippen LogP contribution in [0.3, 0.4) is 0 Å². The van der Waals surface area contributed by atoms with Gasteiger partial charge in [0.2, 0.25) is 11.9 Å². The van der Waals surface area contributed by atoms with E-state index in [9.17, 15) is 23.8 Å². The Morgan fingerprint density at radius 1 is 1.29 bits per heavy atom. The first-order valence-corrected chi connectivity index (χ1v) is 13.0.